The Morgan fingerprint density at radius 1 is 1.15 bits per heavy atom. The molecule has 26 heavy (non-hydrogen) atoms. The third-order valence-corrected chi connectivity index (χ3v) is 5.35. The topological polar surface area (TPSA) is 50.4 Å². The van der Waals surface area contributed by atoms with Crippen molar-refractivity contribution in [1.82, 2.24) is 0 Å². The van der Waals surface area contributed by atoms with E-state index in [0.717, 1.165) is 42.4 Å². The molecule has 3 nitrogen and oxygen atoms in total. The lowest BCUT2D eigenvalue weighted by atomic mass is 9.96. The maximum Gasteiger partial charge on any atom is 0.339 e. The molecule has 3 aromatic rings. The van der Waals surface area contributed by atoms with Gasteiger partial charge in [0.25, 0.3) is 0 Å². The van der Waals surface area contributed by atoms with E-state index in [-0.39, 0.29) is 23.1 Å². The van der Waals surface area contributed by atoms with Crippen LogP contribution < -0.4 is 5.63 Å². The van der Waals surface area contributed by atoms with Gasteiger partial charge in [-0.05, 0) is 79.0 Å². The molecular formula is C22H21FO3. The maximum atomic E-state index is 13.0. The fourth-order valence-electron chi connectivity index (χ4n) is 4.01. The fraction of sp³-hybridized carbons (Fsp3) is 0.318. The number of phenolic OH excluding ortho intramolecular Hbond substituents is 1. The number of aryl methyl sites for hydroxylation is 2. The molecule has 1 atom stereocenters. The van der Waals surface area contributed by atoms with Crippen molar-refractivity contribution in [3.05, 3.63) is 74.9 Å². The fourth-order valence-corrected chi connectivity index (χ4v) is 4.01. The lowest BCUT2D eigenvalue weighted by Crippen LogP contribution is -2.07. The van der Waals surface area contributed by atoms with Crippen molar-refractivity contribution in [3.8, 4) is 5.75 Å². The molecule has 134 valence electrons. The van der Waals surface area contributed by atoms with Crippen LogP contribution in [0.4, 0.5) is 4.39 Å². The third-order valence-electron chi connectivity index (χ3n) is 5.35. The van der Waals surface area contributed by atoms with Crippen molar-refractivity contribution < 1.29 is 13.9 Å². The molecule has 1 aliphatic rings. The van der Waals surface area contributed by atoms with E-state index in [1.807, 2.05) is 6.07 Å². The van der Waals surface area contributed by atoms with Crippen LogP contribution in [0.15, 0.2) is 45.6 Å². The second-order valence-corrected chi connectivity index (χ2v) is 7.19. The molecule has 0 aliphatic heterocycles. The molecule has 2 aromatic carbocycles. The molecule has 0 saturated heterocycles. The normalized spacial score (nSPS) is 16.2. The molecular weight excluding hydrogens is 331 g/mol. The van der Waals surface area contributed by atoms with Crippen LogP contribution in [0.5, 0.6) is 5.75 Å². The SMILES string of the molecule is CC1CCc2c1c1c(O)cc(CCCc3ccc(F)cc3)cc1oc2=O. The zero-order valence-corrected chi connectivity index (χ0v) is 14.7. The van der Waals surface area contributed by atoms with Crippen molar-refractivity contribution in [2.45, 2.75) is 44.9 Å². The predicted molar refractivity (Wildman–Crippen MR) is 99.3 cm³/mol. The summed E-state index contributed by atoms with van der Waals surface area (Å²) < 4.78 is 18.5. The van der Waals surface area contributed by atoms with Gasteiger partial charge in [0, 0.05) is 5.56 Å². The van der Waals surface area contributed by atoms with Crippen molar-refractivity contribution in [2.24, 2.45) is 0 Å². The van der Waals surface area contributed by atoms with Crippen molar-refractivity contribution in [1.29, 1.82) is 0 Å². The number of fused-ring (bicyclic) bond motifs is 3. The van der Waals surface area contributed by atoms with E-state index >= 15 is 0 Å². The molecule has 4 rings (SSSR count). The highest BCUT2D eigenvalue weighted by Crippen LogP contribution is 2.40. The Hall–Kier alpha value is -2.62. The summed E-state index contributed by atoms with van der Waals surface area (Å²) in [5.41, 5.74) is 3.87. The first-order chi connectivity index (χ1) is 12.5. The van der Waals surface area contributed by atoms with E-state index in [4.69, 9.17) is 4.42 Å². The van der Waals surface area contributed by atoms with Gasteiger partial charge >= 0.3 is 5.63 Å². The second-order valence-electron chi connectivity index (χ2n) is 7.19. The van der Waals surface area contributed by atoms with Crippen LogP contribution in [0.1, 0.15) is 47.9 Å². The Morgan fingerprint density at radius 3 is 2.65 bits per heavy atom. The molecule has 1 aliphatic carbocycles. The first-order valence-corrected chi connectivity index (χ1v) is 9.09. The molecule has 4 heteroatoms. The summed E-state index contributed by atoms with van der Waals surface area (Å²) in [4.78, 5) is 12.2. The molecule has 0 radical (unpaired) electrons. The maximum absolute atomic E-state index is 13.0. The highest BCUT2D eigenvalue weighted by Gasteiger charge is 2.27. The molecule has 1 N–H and O–H groups in total. The van der Waals surface area contributed by atoms with Crippen LogP contribution >= 0.6 is 0 Å². The number of hydrogen-bond acceptors (Lipinski definition) is 3. The summed E-state index contributed by atoms with van der Waals surface area (Å²) in [5, 5.41) is 11.3. The minimum absolute atomic E-state index is 0.188. The van der Waals surface area contributed by atoms with E-state index in [2.05, 4.69) is 6.92 Å². The summed E-state index contributed by atoms with van der Waals surface area (Å²) in [5.74, 6) is 0.213. The number of hydrogen-bond donors (Lipinski definition) is 1. The van der Waals surface area contributed by atoms with Crippen LogP contribution in [-0.2, 0) is 19.3 Å². The van der Waals surface area contributed by atoms with Gasteiger partial charge in [0.15, 0.2) is 0 Å². The van der Waals surface area contributed by atoms with Crippen molar-refractivity contribution in [2.75, 3.05) is 0 Å². The van der Waals surface area contributed by atoms with Crippen LogP contribution in [0.3, 0.4) is 0 Å². The number of benzene rings is 2. The molecule has 0 spiro atoms. The van der Waals surface area contributed by atoms with E-state index in [0.29, 0.717) is 23.0 Å². The molecule has 1 unspecified atom stereocenters. The zero-order valence-electron chi connectivity index (χ0n) is 14.7. The van der Waals surface area contributed by atoms with Crippen molar-refractivity contribution in [3.63, 3.8) is 0 Å². The van der Waals surface area contributed by atoms with Gasteiger partial charge in [0.05, 0.1) is 5.39 Å². The molecule has 0 fully saturated rings. The van der Waals surface area contributed by atoms with E-state index < -0.39 is 0 Å². The zero-order chi connectivity index (χ0) is 18.3. The predicted octanol–water partition coefficient (Wildman–Crippen LogP) is 4.86. The van der Waals surface area contributed by atoms with Gasteiger partial charge in [-0.1, -0.05) is 19.1 Å². The summed E-state index contributed by atoms with van der Waals surface area (Å²) in [6.45, 7) is 2.08. The monoisotopic (exact) mass is 352 g/mol. The average molecular weight is 352 g/mol. The number of rotatable bonds is 4. The Morgan fingerprint density at radius 2 is 1.88 bits per heavy atom. The standard InChI is InChI=1S/C22H21FO3/c1-13-5-10-17-20(13)21-18(24)11-15(12-19(21)26-22(17)25)4-2-3-14-6-8-16(23)9-7-14/h6-9,11-13,24H,2-5,10H2,1H3. The summed E-state index contributed by atoms with van der Waals surface area (Å²) >= 11 is 0. The molecule has 0 saturated carbocycles. The van der Waals surface area contributed by atoms with Gasteiger partial charge < -0.3 is 9.52 Å². The summed E-state index contributed by atoms with van der Waals surface area (Å²) in [6.07, 6.45) is 4.06. The number of halogens is 1. The van der Waals surface area contributed by atoms with E-state index in [1.165, 1.54) is 12.1 Å². The van der Waals surface area contributed by atoms with Crippen LogP contribution in [0.2, 0.25) is 0 Å². The van der Waals surface area contributed by atoms with Gasteiger partial charge in [0.2, 0.25) is 0 Å². The Balaban J connectivity index is 1.60. The van der Waals surface area contributed by atoms with Gasteiger partial charge in [-0.2, -0.15) is 0 Å². The first kappa shape index (κ1) is 16.8. The smallest absolute Gasteiger partial charge is 0.339 e. The minimum Gasteiger partial charge on any atom is -0.507 e. The lowest BCUT2D eigenvalue weighted by Gasteiger charge is -2.11. The molecule has 1 aromatic heterocycles. The summed E-state index contributed by atoms with van der Waals surface area (Å²) in [6, 6.07) is 10.2. The highest BCUT2D eigenvalue weighted by atomic mass is 19.1. The minimum atomic E-state index is -0.278. The van der Waals surface area contributed by atoms with E-state index in [1.54, 1.807) is 18.2 Å². The summed E-state index contributed by atoms with van der Waals surface area (Å²) in [7, 11) is 0. The number of phenols is 1. The van der Waals surface area contributed by atoms with E-state index in [9.17, 15) is 14.3 Å². The van der Waals surface area contributed by atoms with Gasteiger partial charge in [-0.3, -0.25) is 0 Å². The van der Waals surface area contributed by atoms with Crippen LogP contribution in [0.25, 0.3) is 11.0 Å². The van der Waals surface area contributed by atoms with Crippen LogP contribution in [0, 0.1) is 5.82 Å². The highest BCUT2D eigenvalue weighted by molar-refractivity contribution is 5.89. The Kier molecular flexibility index (Phi) is 4.27. The van der Waals surface area contributed by atoms with Crippen molar-refractivity contribution >= 4 is 11.0 Å². The first-order valence-electron chi connectivity index (χ1n) is 9.09. The van der Waals surface area contributed by atoms with Crippen LogP contribution in [-0.4, -0.2) is 5.11 Å². The second kappa shape index (κ2) is 6.60. The number of aromatic hydroxyl groups is 1. The van der Waals surface area contributed by atoms with Gasteiger partial charge in [0.1, 0.15) is 17.1 Å². The van der Waals surface area contributed by atoms with Gasteiger partial charge in [-0.15, -0.1) is 0 Å². The molecule has 0 bridgehead atoms. The largest absolute Gasteiger partial charge is 0.507 e. The third kappa shape index (κ3) is 3.00. The molecule has 1 heterocycles. The Labute approximate surface area is 151 Å². The average Bonchev–Trinajstić information content (AvgIpc) is 2.99. The van der Waals surface area contributed by atoms with Gasteiger partial charge in [-0.25, -0.2) is 9.18 Å². The quantitative estimate of drug-likeness (QED) is 0.682. The lowest BCUT2D eigenvalue weighted by molar-refractivity contribution is 0.477. The Bertz CT molecular complexity index is 1020. The molecule has 0 amide bonds.